The number of hydrogen-bond acceptors (Lipinski definition) is 6. The normalized spacial score (nSPS) is 11.1. The van der Waals surface area contributed by atoms with Gasteiger partial charge >= 0.3 is 0 Å². The number of rotatable bonds is 6. The van der Waals surface area contributed by atoms with E-state index in [1.54, 1.807) is 30.5 Å². The summed E-state index contributed by atoms with van der Waals surface area (Å²) in [5.74, 6) is -0.693. The average Bonchev–Trinajstić information content (AvgIpc) is 3.16. The fourth-order valence-electron chi connectivity index (χ4n) is 2.55. The lowest BCUT2D eigenvalue weighted by Gasteiger charge is -2.03. The summed E-state index contributed by atoms with van der Waals surface area (Å²) in [5, 5.41) is 24.3. The van der Waals surface area contributed by atoms with E-state index in [2.05, 4.69) is 10.3 Å². The molecule has 11 heteroatoms. The Labute approximate surface area is 195 Å². The molecule has 2 aromatic carbocycles. The zero-order chi connectivity index (χ0) is 22.5. The second-order valence-electron chi connectivity index (χ2n) is 6.14. The van der Waals surface area contributed by atoms with Gasteiger partial charge in [0, 0.05) is 33.6 Å². The van der Waals surface area contributed by atoms with Crippen molar-refractivity contribution in [2.24, 2.45) is 0 Å². The van der Waals surface area contributed by atoms with Gasteiger partial charge < -0.3 is 0 Å². The summed E-state index contributed by atoms with van der Waals surface area (Å²) in [6.45, 7) is 0. The molecule has 0 aliphatic heterocycles. The zero-order valence-corrected chi connectivity index (χ0v) is 18.5. The van der Waals surface area contributed by atoms with Crippen molar-refractivity contribution >= 4 is 68.9 Å². The van der Waals surface area contributed by atoms with Crippen LogP contribution in [0.15, 0.2) is 48.2 Å². The van der Waals surface area contributed by atoms with Gasteiger partial charge in [-0.05, 0) is 41.5 Å². The topological polar surface area (TPSA) is 109 Å². The van der Waals surface area contributed by atoms with Crippen molar-refractivity contribution in [3.8, 4) is 6.07 Å². The van der Waals surface area contributed by atoms with Gasteiger partial charge in [0.2, 0.25) is 0 Å². The van der Waals surface area contributed by atoms with E-state index in [4.69, 9.17) is 34.8 Å². The Morgan fingerprint density at radius 3 is 2.68 bits per heavy atom. The average molecular weight is 494 g/mol. The third kappa shape index (κ3) is 5.81. The number of anilines is 1. The molecule has 0 aliphatic rings. The van der Waals surface area contributed by atoms with Crippen LogP contribution in [0.25, 0.3) is 6.08 Å². The summed E-state index contributed by atoms with van der Waals surface area (Å²) in [5.41, 5.74) is 0.541. The van der Waals surface area contributed by atoms with Crippen LogP contribution in [-0.2, 0) is 11.2 Å². The Kier molecular flexibility index (Phi) is 7.25. The van der Waals surface area contributed by atoms with Gasteiger partial charge in [-0.15, -0.1) is 11.3 Å². The lowest BCUT2D eigenvalue weighted by Crippen LogP contribution is -2.13. The van der Waals surface area contributed by atoms with E-state index >= 15 is 0 Å². The molecule has 0 saturated carbocycles. The van der Waals surface area contributed by atoms with Crippen LogP contribution in [0.5, 0.6) is 0 Å². The molecule has 156 valence electrons. The maximum atomic E-state index is 12.5. The van der Waals surface area contributed by atoms with Crippen molar-refractivity contribution in [1.29, 1.82) is 5.26 Å². The van der Waals surface area contributed by atoms with E-state index in [9.17, 15) is 20.2 Å². The zero-order valence-electron chi connectivity index (χ0n) is 15.4. The molecule has 1 N–H and O–H groups in total. The molecule has 0 radical (unpaired) electrons. The number of carbonyl (C=O) groups is 1. The fourth-order valence-corrected chi connectivity index (χ4v) is 3.95. The third-order valence-corrected chi connectivity index (χ3v) is 5.83. The first-order chi connectivity index (χ1) is 14.8. The summed E-state index contributed by atoms with van der Waals surface area (Å²) < 4.78 is 0. The minimum Gasteiger partial charge on any atom is -0.297 e. The molecular weight excluding hydrogens is 483 g/mol. The smallest absolute Gasteiger partial charge is 0.288 e. The molecule has 1 heterocycles. The Balaban J connectivity index is 1.75. The molecule has 31 heavy (non-hydrogen) atoms. The SMILES string of the molecule is N#C/C(=C\c1ccc(Cl)c([N+](=O)[O-])c1)C(=O)Nc1ncc(Cc2cc(Cl)ccc2Cl)s1. The summed E-state index contributed by atoms with van der Waals surface area (Å²) in [6, 6.07) is 10.9. The predicted octanol–water partition coefficient (Wildman–Crippen LogP) is 6.15. The van der Waals surface area contributed by atoms with Crippen LogP contribution in [0.2, 0.25) is 15.1 Å². The van der Waals surface area contributed by atoms with Gasteiger partial charge in [0.05, 0.1) is 4.92 Å². The van der Waals surface area contributed by atoms with Gasteiger partial charge in [0.15, 0.2) is 5.13 Å². The Morgan fingerprint density at radius 2 is 1.97 bits per heavy atom. The number of nitriles is 1. The standard InChI is InChI=1S/C20H11Cl3N4O3S/c21-14-2-4-16(22)12(7-14)8-15-10-25-20(31-15)26-19(28)13(9-24)5-11-1-3-17(23)18(6-11)27(29)30/h1-7,10H,8H2,(H,25,26,28)/b13-5+. The largest absolute Gasteiger partial charge is 0.297 e. The molecule has 0 fully saturated rings. The molecule has 3 rings (SSSR count). The van der Waals surface area contributed by atoms with Crippen molar-refractivity contribution in [2.75, 3.05) is 5.32 Å². The number of nitrogens with one attached hydrogen (secondary N) is 1. The predicted molar refractivity (Wildman–Crippen MR) is 122 cm³/mol. The van der Waals surface area contributed by atoms with E-state index in [1.807, 2.05) is 0 Å². The molecule has 0 saturated heterocycles. The quantitative estimate of drug-likeness (QED) is 0.192. The fraction of sp³-hybridized carbons (Fsp3) is 0.0500. The second-order valence-corrected chi connectivity index (χ2v) is 8.50. The van der Waals surface area contributed by atoms with Gasteiger partial charge in [-0.25, -0.2) is 4.98 Å². The molecule has 1 amide bonds. The van der Waals surface area contributed by atoms with E-state index < -0.39 is 10.8 Å². The van der Waals surface area contributed by atoms with E-state index in [0.29, 0.717) is 27.2 Å². The van der Waals surface area contributed by atoms with Crippen LogP contribution < -0.4 is 5.32 Å². The molecular formula is C20H11Cl3N4O3S. The summed E-state index contributed by atoms with van der Waals surface area (Å²) >= 11 is 19.2. The minimum atomic E-state index is -0.693. The number of nitro benzene ring substituents is 1. The molecule has 3 aromatic rings. The minimum absolute atomic E-state index is 0.0415. The summed E-state index contributed by atoms with van der Waals surface area (Å²) in [4.78, 5) is 27.8. The number of halogens is 3. The van der Waals surface area contributed by atoms with Crippen molar-refractivity contribution < 1.29 is 9.72 Å². The molecule has 0 unspecified atom stereocenters. The third-order valence-electron chi connectivity index (χ3n) is 3.99. The number of benzene rings is 2. The highest BCUT2D eigenvalue weighted by atomic mass is 35.5. The van der Waals surface area contributed by atoms with Gasteiger partial charge in [0.25, 0.3) is 11.6 Å². The maximum Gasteiger partial charge on any atom is 0.288 e. The lowest BCUT2D eigenvalue weighted by molar-refractivity contribution is -0.384. The first-order valence-electron chi connectivity index (χ1n) is 8.52. The van der Waals surface area contributed by atoms with Crippen LogP contribution in [0.1, 0.15) is 16.0 Å². The van der Waals surface area contributed by atoms with Crippen molar-refractivity contribution in [3.05, 3.63) is 89.4 Å². The highest BCUT2D eigenvalue weighted by Gasteiger charge is 2.16. The van der Waals surface area contributed by atoms with Gasteiger partial charge in [-0.2, -0.15) is 5.26 Å². The van der Waals surface area contributed by atoms with E-state index in [1.165, 1.54) is 35.6 Å². The number of hydrogen-bond donors (Lipinski definition) is 1. The molecule has 7 nitrogen and oxygen atoms in total. The summed E-state index contributed by atoms with van der Waals surface area (Å²) in [7, 11) is 0. The van der Waals surface area contributed by atoms with Gasteiger partial charge in [0.1, 0.15) is 16.7 Å². The lowest BCUT2D eigenvalue weighted by atomic mass is 10.1. The van der Waals surface area contributed by atoms with Gasteiger partial charge in [-0.1, -0.05) is 40.9 Å². The van der Waals surface area contributed by atoms with Crippen LogP contribution in [-0.4, -0.2) is 15.8 Å². The molecule has 0 bridgehead atoms. The van der Waals surface area contributed by atoms with Crippen molar-refractivity contribution in [1.82, 2.24) is 4.98 Å². The first-order valence-corrected chi connectivity index (χ1v) is 10.5. The van der Waals surface area contributed by atoms with Crippen molar-refractivity contribution in [2.45, 2.75) is 6.42 Å². The Morgan fingerprint density at radius 1 is 1.23 bits per heavy atom. The number of carbonyl (C=O) groups excluding carboxylic acids is 1. The molecule has 0 aliphatic carbocycles. The van der Waals surface area contributed by atoms with Crippen LogP contribution in [0.3, 0.4) is 0 Å². The Hall–Kier alpha value is -2.96. The molecule has 0 spiro atoms. The van der Waals surface area contributed by atoms with Crippen LogP contribution in [0.4, 0.5) is 10.8 Å². The van der Waals surface area contributed by atoms with Gasteiger partial charge in [-0.3, -0.25) is 20.2 Å². The van der Waals surface area contributed by atoms with E-state index in [0.717, 1.165) is 10.4 Å². The molecule has 1 aromatic heterocycles. The number of amides is 1. The van der Waals surface area contributed by atoms with Crippen molar-refractivity contribution in [3.63, 3.8) is 0 Å². The first kappa shape index (κ1) is 22.7. The van der Waals surface area contributed by atoms with Crippen LogP contribution >= 0.6 is 46.1 Å². The highest BCUT2D eigenvalue weighted by molar-refractivity contribution is 7.15. The molecule has 0 atom stereocenters. The van der Waals surface area contributed by atoms with Crippen LogP contribution in [0, 0.1) is 21.4 Å². The number of nitro groups is 1. The highest BCUT2D eigenvalue weighted by Crippen LogP contribution is 2.28. The van der Waals surface area contributed by atoms with E-state index in [-0.39, 0.29) is 16.3 Å². The number of aromatic nitrogens is 1. The summed E-state index contributed by atoms with van der Waals surface area (Å²) in [6.07, 6.45) is 3.30. The second kappa shape index (κ2) is 9.90. The number of thiazole rings is 1. The number of nitrogens with zero attached hydrogens (tertiary/aromatic N) is 3. The maximum absolute atomic E-state index is 12.5. The monoisotopic (exact) mass is 492 g/mol. The Bertz CT molecular complexity index is 1250.